The van der Waals surface area contributed by atoms with E-state index in [1.165, 1.54) is 31.5 Å². The van der Waals surface area contributed by atoms with Crippen LogP contribution in [0.1, 0.15) is 18.4 Å². The number of hydrogen-bond donors (Lipinski definition) is 1. The molecule has 1 aromatic rings. The molecule has 3 nitrogen and oxygen atoms in total. The summed E-state index contributed by atoms with van der Waals surface area (Å²) in [6.07, 6.45) is 2.70. The fraction of sp³-hybridized carbons (Fsp3) is 0.714. The van der Waals surface area contributed by atoms with Crippen LogP contribution in [0.2, 0.25) is 0 Å². The minimum Gasteiger partial charge on any atom is -0.383 e. The number of ether oxygens (including phenoxy) is 1. The third-order valence-corrected chi connectivity index (χ3v) is 4.24. The first-order chi connectivity index (χ1) is 8.88. The van der Waals surface area contributed by atoms with E-state index in [2.05, 4.69) is 27.0 Å². The molecule has 0 aromatic carbocycles. The van der Waals surface area contributed by atoms with Gasteiger partial charge in [-0.25, -0.2) is 0 Å². The Morgan fingerprint density at radius 3 is 3.28 bits per heavy atom. The van der Waals surface area contributed by atoms with Gasteiger partial charge >= 0.3 is 0 Å². The number of methoxy groups -OCH3 is 1. The monoisotopic (exact) mass is 268 g/mol. The van der Waals surface area contributed by atoms with Crippen LogP contribution in [-0.4, -0.2) is 44.8 Å². The van der Waals surface area contributed by atoms with E-state index in [0.717, 1.165) is 32.2 Å². The summed E-state index contributed by atoms with van der Waals surface area (Å²) < 4.78 is 5.05. The summed E-state index contributed by atoms with van der Waals surface area (Å²) in [6.45, 7) is 6.52. The molecule has 102 valence electrons. The fourth-order valence-electron chi connectivity index (χ4n) is 2.58. The zero-order valence-corrected chi connectivity index (χ0v) is 12.0. The van der Waals surface area contributed by atoms with Crippen LogP contribution < -0.4 is 5.32 Å². The lowest BCUT2D eigenvalue weighted by atomic mass is 9.97. The Labute approximate surface area is 114 Å². The van der Waals surface area contributed by atoms with Crippen LogP contribution in [0.25, 0.3) is 0 Å². The third kappa shape index (κ3) is 4.69. The van der Waals surface area contributed by atoms with E-state index in [4.69, 9.17) is 4.74 Å². The minimum atomic E-state index is 0.800. The van der Waals surface area contributed by atoms with Gasteiger partial charge in [0.2, 0.25) is 0 Å². The maximum Gasteiger partial charge on any atom is 0.0587 e. The van der Waals surface area contributed by atoms with E-state index in [0.29, 0.717) is 0 Å². The SMILES string of the molecule is COCCNCC1CCCN(Cc2ccsc2)C1. The Kier molecular flexibility index (Phi) is 6.14. The van der Waals surface area contributed by atoms with Crippen LogP contribution in [0, 0.1) is 5.92 Å². The lowest BCUT2D eigenvalue weighted by Crippen LogP contribution is -2.39. The number of rotatable bonds is 7. The minimum absolute atomic E-state index is 0.800. The number of nitrogens with one attached hydrogen (secondary N) is 1. The summed E-state index contributed by atoms with van der Waals surface area (Å²) in [7, 11) is 1.75. The molecule has 1 aliphatic heterocycles. The molecule has 1 aliphatic rings. The summed E-state index contributed by atoms with van der Waals surface area (Å²) in [6, 6.07) is 2.24. The van der Waals surface area contributed by atoms with Gasteiger partial charge in [-0.3, -0.25) is 4.90 Å². The van der Waals surface area contributed by atoms with Crippen molar-refractivity contribution in [2.45, 2.75) is 19.4 Å². The molecule has 0 saturated carbocycles. The van der Waals surface area contributed by atoms with Gasteiger partial charge in [0.1, 0.15) is 0 Å². The average Bonchev–Trinajstić information content (AvgIpc) is 2.88. The third-order valence-electron chi connectivity index (χ3n) is 3.51. The molecule has 0 bridgehead atoms. The first-order valence-electron chi connectivity index (χ1n) is 6.81. The van der Waals surface area contributed by atoms with E-state index in [1.54, 1.807) is 18.4 Å². The highest BCUT2D eigenvalue weighted by molar-refractivity contribution is 7.07. The molecule has 0 radical (unpaired) electrons. The second-order valence-electron chi connectivity index (χ2n) is 5.07. The van der Waals surface area contributed by atoms with Gasteiger partial charge < -0.3 is 10.1 Å². The number of thiophene rings is 1. The molecule has 2 heterocycles. The lowest BCUT2D eigenvalue weighted by Gasteiger charge is -2.32. The second-order valence-corrected chi connectivity index (χ2v) is 5.85. The van der Waals surface area contributed by atoms with Crippen molar-refractivity contribution < 1.29 is 4.74 Å². The molecular weight excluding hydrogens is 244 g/mol. The van der Waals surface area contributed by atoms with Gasteiger partial charge in [0.15, 0.2) is 0 Å². The highest BCUT2D eigenvalue weighted by Gasteiger charge is 2.19. The van der Waals surface area contributed by atoms with Gasteiger partial charge in [0.25, 0.3) is 0 Å². The smallest absolute Gasteiger partial charge is 0.0587 e. The van der Waals surface area contributed by atoms with Gasteiger partial charge in [0, 0.05) is 26.7 Å². The maximum absolute atomic E-state index is 5.05. The Balaban J connectivity index is 1.67. The van der Waals surface area contributed by atoms with Crippen LogP contribution >= 0.6 is 11.3 Å². The van der Waals surface area contributed by atoms with Crippen molar-refractivity contribution in [1.29, 1.82) is 0 Å². The fourth-order valence-corrected chi connectivity index (χ4v) is 3.24. The second kappa shape index (κ2) is 7.89. The van der Waals surface area contributed by atoms with Crippen molar-refractivity contribution in [1.82, 2.24) is 10.2 Å². The first-order valence-corrected chi connectivity index (χ1v) is 7.76. The van der Waals surface area contributed by atoms with Crippen molar-refractivity contribution in [3.05, 3.63) is 22.4 Å². The van der Waals surface area contributed by atoms with Crippen molar-refractivity contribution in [3.63, 3.8) is 0 Å². The maximum atomic E-state index is 5.05. The summed E-state index contributed by atoms with van der Waals surface area (Å²) >= 11 is 1.80. The van der Waals surface area contributed by atoms with E-state index >= 15 is 0 Å². The molecule has 1 unspecified atom stereocenters. The zero-order chi connectivity index (χ0) is 12.6. The zero-order valence-electron chi connectivity index (χ0n) is 11.2. The predicted molar refractivity (Wildman–Crippen MR) is 77.1 cm³/mol. The van der Waals surface area contributed by atoms with E-state index in [-0.39, 0.29) is 0 Å². The number of hydrogen-bond acceptors (Lipinski definition) is 4. The topological polar surface area (TPSA) is 24.5 Å². The van der Waals surface area contributed by atoms with Crippen LogP contribution in [0.5, 0.6) is 0 Å². The van der Waals surface area contributed by atoms with E-state index in [9.17, 15) is 0 Å². The molecule has 1 fully saturated rings. The summed E-state index contributed by atoms with van der Waals surface area (Å²) in [5.41, 5.74) is 1.47. The molecule has 0 amide bonds. The van der Waals surface area contributed by atoms with E-state index in [1.807, 2.05) is 0 Å². The molecule has 0 aliphatic carbocycles. The first kappa shape index (κ1) is 14.0. The Morgan fingerprint density at radius 2 is 2.50 bits per heavy atom. The Hall–Kier alpha value is -0.420. The molecule has 1 aromatic heterocycles. The van der Waals surface area contributed by atoms with Gasteiger partial charge in [-0.1, -0.05) is 0 Å². The highest BCUT2D eigenvalue weighted by Crippen LogP contribution is 2.18. The van der Waals surface area contributed by atoms with Gasteiger partial charge in [-0.2, -0.15) is 11.3 Å². The quantitative estimate of drug-likeness (QED) is 0.767. The van der Waals surface area contributed by atoms with E-state index < -0.39 is 0 Å². The standard InChI is InChI=1S/C14H24N2OS/c1-17-7-5-15-9-13-3-2-6-16(10-13)11-14-4-8-18-12-14/h4,8,12-13,15H,2-3,5-7,9-11H2,1H3. The number of likely N-dealkylation sites (tertiary alicyclic amines) is 1. The molecule has 1 N–H and O–H groups in total. The largest absolute Gasteiger partial charge is 0.383 e. The van der Waals surface area contributed by atoms with Gasteiger partial charge in [0.05, 0.1) is 6.61 Å². The molecule has 1 saturated heterocycles. The van der Waals surface area contributed by atoms with Crippen LogP contribution in [0.4, 0.5) is 0 Å². The number of nitrogens with zero attached hydrogens (tertiary/aromatic N) is 1. The predicted octanol–water partition coefficient (Wildman–Crippen LogP) is 2.20. The molecule has 4 heteroatoms. The molecular formula is C14H24N2OS. The number of piperidine rings is 1. The van der Waals surface area contributed by atoms with Gasteiger partial charge in [-0.05, 0) is 54.2 Å². The van der Waals surface area contributed by atoms with Crippen LogP contribution in [-0.2, 0) is 11.3 Å². The normalized spacial score (nSPS) is 21.3. The summed E-state index contributed by atoms with van der Waals surface area (Å²) in [4.78, 5) is 2.59. The van der Waals surface area contributed by atoms with Crippen molar-refractivity contribution in [3.8, 4) is 0 Å². The average molecular weight is 268 g/mol. The van der Waals surface area contributed by atoms with Gasteiger partial charge in [-0.15, -0.1) is 0 Å². The van der Waals surface area contributed by atoms with Crippen molar-refractivity contribution in [2.24, 2.45) is 5.92 Å². The summed E-state index contributed by atoms with van der Waals surface area (Å²) in [5, 5.41) is 7.92. The Morgan fingerprint density at radius 1 is 1.56 bits per heavy atom. The lowest BCUT2D eigenvalue weighted by molar-refractivity contribution is 0.159. The van der Waals surface area contributed by atoms with Crippen LogP contribution in [0.15, 0.2) is 16.8 Å². The van der Waals surface area contributed by atoms with Crippen LogP contribution in [0.3, 0.4) is 0 Å². The molecule has 18 heavy (non-hydrogen) atoms. The Bertz CT molecular complexity index is 316. The highest BCUT2D eigenvalue weighted by atomic mass is 32.1. The molecule has 0 spiro atoms. The van der Waals surface area contributed by atoms with Crippen molar-refractivity contribution >= 4 is 11.3 Å². The molecule has 2 rings (SSSR count). The molecule has 1 atom stereocenters. The van der Waals surface area contributed by atoms with Crippen molar-refractivity contribution in [2.75, 3.05) is 39.9 Å². The summed E-state index contributed by atoms with van der Waals surface area (Å²) in [5.74, 6) is 0.800.